The number of anilines is 1. The molecule has 1 aliphatic rings. The van der Waals surface area contributed by atoms with E-state index in [9.17, 15) is 9.59 Å². The molecule has 0 bridgehead atoms. The zero-order chi connectivity index (χ0) is 16.6. The molecule has 0 fully saturated rings. The first kappa shape index (κ1) is 15.1. The lowest BCUT2D eigenvalue weighted by atomic mass is 10.1. The highest BCUT2D eigenvalue weighted by atomic mass is 16.5. The van der Waals surface area contributed by atoms with Crippen LogP contribution in [-0.4, -0.2) is 16.7 Å². The predicted molar refractivity (Wildman–Crippen MR) is 87.8 cm³/mol. The van der Waals surface area contributed by atoms with Gasteiger partial charge < -0.3 is 19.9 Å². The summed E-state index contributed by atoms with van der Waals surface area (Å²) in [7, 11) is 1.65. The van der Waals surface area contributed by atoms with Gasteiger partial charge in [0.1, 0.15) is 17.5 Å². The summed E-state index contributed by atoms with van der Waals surface area (Å²) in [6, 6.07) is 8.72. The summed E-state index contributed by atoms with van der Waals surface area (Å²) in [6.45, 7) is 3.69. The summed E-state index contributed by atoms with van der Waals surface area (Å²) in [5.74, 6) is 0.775. The average Bonchev–Trinajstić information content (AvgIpc) is 2.84. The van der Waals surface area contributed by atoms with Crippen molar-refractivity contribution in [3.63, 3.8) is 0 Å². The van der Waals surface area contributed by atoms with Gasteiger partial charge >= 0.3 is 6.03 Å². The fourth-order valence-electron chi connectivity index (χ4n) is 2.72. The molecule has 0 aliphatic carbocycles. The molecule has 0 spiro atoms. The minimum atomic E-state index is -0.423. The quantitative estimate of drug-likeness (QED) is 0.894. The summed E-state index contributed by atoms with van der Waals surface area (Å²) in [5, 5.41) is 5.54. The van der Waals surface area contributed by atoms with Gasteiger partial charge in [-0.1, -0.05) is 18.2 Å². The highest BCUT2D eigenvalue weighted by molar-refractivity contribution is 5.90. The van der Waals surface area contributed by atoms with E-state index >= 15 is 0 Å². The number of ether oxygens (including phenoxy) is 1. The summed E-state index contributed by atoms with van der Waals surface area (Å²) >= 11 is 0. The van der Waals surface area contributed by atoms with Gasteiger partial charge in [-0.15, -0.1) is 0 Å². The van der Waals surface area contributed by atoms with E-state index in [2.05, 4.69) is 10.6 Å². The third-order valence-electron chi connectivity index (χ3n) is 4.04. The number of hydrogen-bond acceptors (Lipinski definition) is 3. The van der Waals surface area contributed by atoms with Crippen molar-refractivity contribution >= 4 is 11.7 Å². The van der Waals surface area contributed by atoms with Crippen LogP contribution in [0.3, 0.4) is 0 Å². The predicted octanol–water partition coefficient (Wildman–Crippen LogP) is 2.34. The van der Waals surface area contributed by atoms with E-state index in [0.717, 1.165) is 16.9 Å². The van der Waals surface area contributed by atoms with Crippen molar-refractivity contribution in [1.29, 1.82) is 0 Å². The maximum absolute atomic E-state index is 12.3. The first-order valence-electron chi connectivity index (χ1n) is 7.46. The lowest BCUT2D eigenvalue weighted by Crippen LogP contribution is -2.38. The Morgan fingerprint density at radius 3 is 2.78 bits per heavy atom. The number of rotatable bonds is 2. The molecule has 23 heavy (non-hydrogen) atoms. The Morgan fingerprint density at radius 1 is 1.26 bits per heavy atom. The Labute approximate surface area is 134 Å². The monoisotopic (exact) mass is 313 g/mol. The second kappa shape index (κ2) is 5.79. The first-order chi connectivity index (χ1) is 11.0. The third-order valence-corrected chi connectivity index (χ3v) is 4.04. The van der Waals surface area contributed by atoms with Crippen molar-refractivity contribution in [3.05, 3.63) is 58.0 Å². The number of nitrogens with one attached hydrogen (secondary N) is 2. The van der Waals surface area contributed by atoms with Gasteiger partial charge in [0, 0.05) is 18.8 Å². The molecular formula is C17H19N3O3. The Bertz CT molecular complexity index is 813. The van der Waals surface area contributed by atoms with E-state index < -0.39 is 6.03 Å². The standard InChI is InChI=1S/C17H19N3O3/c1-10-8-9-20(3)16(21)14(10)18-17(22)19-15-11(2)23-13-7-5-4-6-12(13)15/h4-9,11,15H,1-3H3,(H2,18,19,22)/t11-,15+/m1/s1. The summed E-state index contributed by atoms with van der Waals surface area (Å²) in [4.78, 5) is 24.4. The minimum absolute atomic E-state index is 0.169. The van der Waals surface area contributed by atoms with Gasteiger partial charge in [0.2, 0.25) is 0 Å². The van der Waals surface area contributed by atoms with Crippen molar-refractivity contribution in [2.24, 2.45) is 7.05 Å². The van der Waals surface area contributed by atoms with Crippen molar-refractivity contribution in [2.75, 3.05) is 5.32 Å². The normalized spacial score (nSPS) is 18.9. The lowest BCUT2D eigenvalue weighted by Gasteiger charge is -2.18. The molecule has 2 amide bonds. The van der Waals surface area contributed by atoms with Crippen molar-refractivity contribution in [1.82, 2.24) is 9.88 Å². The van der Waals surface area contributed by atoms with Gasteiger partial charge in [0.05, 0.1) is 6.04 Å². The van der Waals surface area contributed by atoms with Crippen LogP contribution >= 0.6 is 0 Å². The highest BCUT2D eigenvalue weighted by Gasteiger charge is 2.32. The number of carbonyl (C=O) groups is 1. The van der Waals surface area contributed by atoms with E-state index in [0.29, 0.717) is 0 Å². The Hall–Kier alpha value is -2.76. The number of nitrogens with zero attached hydrogens (tertiary/aromatic N) is 1. The number of aryl methyl sites for hydroxylation is 2. The number of fused-ring (bicyclic) bond motifs is 1. The SMILES string of the molecule is Cc1ccn(C)c(=O)c1NC(=O)N[C@@H]1c2ccccc2O[C@@H]1C. The summed E-state index contributed by atoms with van der Waals surface area (Å²) < 4.78 is 7.16. The summed E-state index contributed by atoms with van der Waals surface area (Å²) in [6.07, 6.45) is 1.50. The second-order valence-corrected chi connectivity index (χ2v) is 5.73. The molecule has 2 heterocycles. The lowest BCUT2D eigenvalue weighted by molar-refractivity contribution is 0.204. The van der Waals surface area contributed by atoms with Crippen LogP contribution in [0.1, 0.15) is 24.1 Å². The molecule has 1 aliphatic heterocycles. The van der Waals surface area contributed by atoms with Crippen LogP contribution < -0.4 is 20.9 Å². The largest absolute Gasteiger partial charge is 0.488 e. The van der Waals surface area contributed by atoms with E-state index in [-0.39, 0.29) is 23.4 Å². The van der Waals surface area contributed by atoms with Crippen LogP contribution in [0.2, 0.25) is 0 Å². The number of benzene rings is 1. The summed E-state index contributed by atoms with van der Waals surface area (Å²) in [5.41, 5.74) is 1.70. The zero-order valence-electron chi connectivity index (χ0n) is 13.3. The second-order valence-electron chi connectivity index (χ2n) is 5.73. The van der Waals surface area contributed by atoms with E-state index in [1.54, 1.807) is 26.2 Å². The molecule has 0 radical (unpaired) electrons. The molecule has 0 saturated heterocycles. The smallest absolute Gasteiger partial charge is 0.320 e. The van der Waals surface area contributed by atoms with Crippen LogP contribution in [0.15, 0.2) is 41.3 Å². The van der Waals surface area contributed by atoms with Crippen LogP contribution in [0.4, 0.5) is 10.5 Å². The Kier molecular flexibility index (Phi) is 3.82. The molecule has 2 aromatic rings. The van der Waals surface area contributed by atoms with Gasteiger partial charge in [-0.25, -0.2) is 4.79 Å². The molecule has 6 nitrogen and oxygen atoms in total. The molecule has 1 aromatic heterocycles. The van der Waals surface area contributed by atoms with Crippen LogP contribution in [0.25, 0.3) is 0 Å². The van der Waals surface area contributed by atoms with E-state index in [1.165, 1.54) is 4.57 Å². The van der Waals surface area contributed by atoms with Gasteiger partial charge in [-0.3, -0.25) is 4.79 Å². The third kappa shape index (κ3) is 2.79. The Morgan fingerprint density at radius 2 is 2.00 bits per heavy atom. The molecule has 3 rings (SSSR count). The number of pyridine rings is 1. The van der Waals surface area contributed by atoms with E-state index in [4.69, 9.17) is 4.74 Å². The molecule has 1 aromatic carbocycles. The van der Waals surface area contributed by atoms with Crippen molar-refractivity contribution in [2.45, 2.75) is 26.0 Å². The number of aromatic nitrogens is 1. The van der Waals surface area contributed by atoms with Crippen LogP contribution in [-0.2, 0) is 7.05 Å². The molecule has 120 valence electrons. The van der Waals surface area contributed by atoms with Gasteiger partial charge in [0.25, 0.3) is 5.56 Å². The number of urea groups is 1. The van der Waals surface area contributed by atoms with Crippen LogP contribution in [0.5, 0.6) is 5.75 Å². The van der Waals surface area contributed by atoms with Gasteiger partial charge in [-0.05, 0) is 31.5 Å². The average molecular weight is 313 g/mol. The first-order valence-corrected chi connectivity index (χ1v) is 7.46. The fraction of sp³-hybridized carbons (Fsp3) is 0.294. The number of hydrogen-bond donors (Lipinski definition) is 2. The molecular weight excluding hydrogens is 294 g/mol. The highest BCUT2D eigenvalue weighted by Crippen LogP contribution is 2.36. The topological polar surface area (TPSA) is 72.4 Å². The van der Waals surface area contributed by atoms with Gasteiger partial charge in [0.15, 0.2) is 0 Å². The molecule has 0 saturated carbocycles. The minimum Gasteiger partial charge on any atom is -0.488 e. The number of carbonyl (C=O) groups excluding carboxylic acids is 1. The van der Waals surface area contributed by atoms with Crippen molar-refractivity contribution < 1.29 is 9.53 Å². The van der Waals surface area contributed by atoms with E-state index in [1.807, 2.05) is 31.2 Å². The molecule has 2 N–H and O–H groups in total. The maximum Gasteiger partial charge on any atom is 0.320 e. The number of amides is 2. The van der Waals surface area contributed by atoms with Crippen molar-refractivity contribution in [3.8, 4) is 5.75 Å². The molecule has 2 atom stereocenters. The molecule has 6 heteroatoms. The zero-order valence-corrected chi connectivity index (χ0v) is 13.3. The molecule has 0 unspecified atom stereocenters. The van der Waals surface area contributed by atoms with Gasteiger partial charge in [-0.2, -0.15) is 0 Å². The Balaban J connectivity index is 1.79. The number of para-hydroxylation sites is 1. The van der Waals surface area contributed by atoms with Crippen LogP contribution in [0, 0.1) is 6.92 Å². The fourth-order valence-corrected chi connectivity index (χ4v) is 2.72. The maximum atomic E-state index is 12.3.